The molecule has 0 aromatic heterocycles. The van der Waals surface area contributed by atoms with Gasteiger partial charge in [0.05, 0.1) is 10.0 Å². The van der Waals surface area contributed by atoms with Crippen molar-refractivity contribution in [3.8, 4) is 0 Å². The maximum atomic E-state index is 5.96. The van der Waals surface area contributed by atoms with Crippen molar-refractivity contribution in [3.05, 3.63) is 27.7 Å². The summed E-state index contributed by atoms with van der Waals surface area (Å²) in [6.45, 7) is 5.32. The van der Waals surface area contributed by atoms with E-state index in [0.717, 1.165) is 12.2 Å². The van der Waals surface area contributed by atoms with E-state index in [1.54, 1.807) is 0 Å². The highest BCUT2D eigenvalue weighted by Gasteiger charge is 2.30. The summed E-state index contributed by atoms with van der Waals surface area (Å²) in [7, 11) is 0. The molecule has 0 fully saturated rings. The molecule has 1 aliphatic rings. The molecule has 0 bridgehead atoms. The van der Waals surface area contributed by atoms with Crippen LogP contribution in [0.3, 0.4) is 0 Å². The van der Waals surface area contributed by atoms with Crippen LogP contribution < -0.4 is 5.32 Å². The topological polar surface area (TPSA) is 12.0 Å². The van der Waals surface area contributed by atoms with Crippen molar-refractivity contribution in [1.29, 1.82) is 0 Å². The molecule has 0 amide bonds. The lowest BCUT2D eigenvalue weighted by Crippen LogP contribution is -2.18. The standard InChI is InChI=1S/C10H11Cl2N/c1-10(2)5-13-9-4-8(12)7(11)3-6(9)10/h3-4,13H,5H2,1-2H3. The molecule has 1 nitrogen and oxygen atoms in total. The minimum atomic E-state index is 0.156. The Hall–Kier alpha value is -0.400. The zero-order chi connectivity index (χ0) is 9.64. The quantitative estimate of drug-likeness (QED) is 0.697. The fourth-order valence-electron chi connectivity index (χ4n) is 1.66. The van der Waals surface area contributed by atoms with Crippen LogP contribution in [0.4, 0.5) is 5.69 Å². The average molecular weight is 216 g/mol. The SMILES string of the molecule is CC1(C)CNc2cc(Cl)c(Cl)cc21. The van der Waals surface area contributed by atoms with E-state index in [1.165, 1.54) is 5.56 Å². The number of fused-ring (bicyclic) bond motifs is 1. The Morgan fingerprint density at radius 2 is 1.85 bits per heavy atom. The average Bonchev–Trinajstić information content (AvgIpc) is 2.31. The van der Waals surface area contributed by atoms with Crippen molar-refractivity contribution < 1.29 is 0 Å². The molecule has 70 valence electrons. The number of rotatable bonds is 0. The predicted molar refractivity (Wildman–Crippen MR) is 58.0 cm³/mol. The fourth-order valence-corrected chi connectivity index (χ4v) is 1.99. The van der Waals surface area contributed by atoms with Crippen LogP contribution in [0, 0.1) is 0 Å². The molecular formula is C10H11Cl2N. The number of anilines is 1. The second kappa shape index (κ2) is 2.79. The van der Waals surface area contributed by atoms with E-state index < -0.39 is 0 Å². The van der Waals surface area contributed by atoms with E-state index in [2.05, 4.69) is 19.2 Å². The largest absolute Gasteiger partial charge is 0.384 e. The van der Waals surface area contributed by atoms with E-state index in [1.807, 2.05) is 12.1 Å². The second-order valence-corrected chi connectivity index (χ2v) is 4.86. The van der Waals surface area contributed by atoms with Crippen molar-refractivity contribution >= 4 is 28.9 Å². The lowest BCUT2D eigenvalue weighted by Gasteiger charge is -2.17. The van der Waals surface area contributed by atoms with Gasteiger partial charge in [0.25, 0.3) is 0 Å². The van der Waals surface area contributed by atoms with Crippen molar-refractivity contribution in [2.45, 2.75) is 19.3 Å². The molecule has 0 radical (unpaired) electrons. The Bertz CT molecular complexity index is 358. The van der Waals surface area contributed by atoms with Gasteiger partial charge in [-0.05, 0) is 17.7 Å². The van der Waals surface area contributed by atoms with Gasteiger partial charge in [0.1, 0.15) is 0 Å². The Labute approximate surface area is 88.0 Å². The van der Waals surface area contributed by atoms with Gasteiger partial charge < -0.3 is 5.32 Å². The number of benzene rings is 1. The van der Waals surface area contributed by atoms with E-state index in [0.29, 0.717) is 10.0 Å². The third-order valence-electron chi connectivity index (χ3n) is 2.51. The number of halogens is 2. The second-order valence-electron chi connectivity index (χ2n) is 4.05. The Morgan fingerprint density at radius 1 is 1.23 bits per heavy atom. The smallest absolute Gasteiger partial charge is 0.0613 e. The van der Waals surface area contributed by atoms with Crippen LogP contribution in [0.15, 0.2) is 12.1 Å². The summed E-state index contributed by atoms with van der Waals surface area (Å²) in [5, 5.41) is 4.57. The molecule has 13 heavy (non-hydrogen) atoms. The Morgan fingerprint density at radius 3 is 2.54 bits per heavy atom. The normalized spacial score (nSPS) is 18.2. The van der Waals surface area contributed by atoms with E-state index in [-0.39, 0.29) is 5.41 Å². The lowest BCUT2D eigenvalue weighted by atomic mass is 9.87. The van der Waals surface area contributed by atoms with Gasteiger partial charge in [-0.15, -0.1) is 0 Å². The Balaban J connectivity index is 2.61. The molecular weight excluding hydrogens is 205 g/mol. The summed E-state index contributed by atoms with van der Waals surface area (Å²) >= 11 is 11.9. The first kappa shape index (κ1) is 9.17. The summed E-state index contributed by atoms with van der Waals surface area (Å²) in [4.78, 5) is 0. The van der Waals surface area contributed by atoms with Crippen LogP contribution in [-0.4, -0.2) is 6.54 Å². The maximum absolute atomic E-state index is 5.96. The molecule has 0 aliphatic carbocycles. The molecule has 3 heteroatoms. The Kier molecular flexibility index (Phi) is 1.97. The first-order valence-corrected chi connectivity index (χ1v) is 5.00. The minimum absolute atomic E-state index is 0.156. The van der Waals surface area contributed by atoms with Gasteiger partial charge in [-0.1, -0.05) is 37.0 Å². The molecule has 0 atom stereocenters. The van der Waals surface area contributed by atoms with Crippen molar-refractivity contribution in [3.63, 3.8) is 0 Å². The van der Waals surface area contributed by atoms with Gasteiger partial charge in [0, 0.05) is 17.6 Å². The van der Waals surface area contributed by atoms with Crippen LogP contribution in [0.25, 0.3) is 0 Å². The number of hydrogen-bond donors (Lipinski definition) is 1. The van der Waals surface area contributed by atoms with Crippen LogP contribution >= 0.6 is 23.2 Å². The molecule has 1 aromatic carbocycles. The first-order valence-electron chi connectivity index (χ1n) is 4.24. The summed E-state index contributed by atoms with van der Waals surface area (Å²) in [5.41, 5.74) is 2.52. The molecule has 0 saturated heterocycles. The monoisotopic (exact) mass is 215 g/mol. The molecule has 0 saturated carbocycles. The summed E-state index contributed by atoms with van der Waals surface area (Å²) in [6.07, 6.45) is 0. The molecule has 2 rings (SSSR count). The van der Waals surface area contributed by atoms with Crippen LogP contribution in [-0.2, 0) is 5.41 Å². The molecule has 0 unspecified atom stereocenters. The van der Waals surface area contributed by atoms with Gasteiger partial charge in [-0.25, -0.2) is 0 Å². The number of hydrogen-bond acceptors (Lipinski definition) is 1. The number of nitrogens with one attached hydrogen (secondary N) is 1. The molecule has 1 aromatic rings. The summed E-state index contributed by atoms with van der Waals surface area (Å²) in [6, 6.07) is 3.85. The molecule has 0 spiro atoms. The van der Waals surface area contributed by atoms with Gasteiger partial charge >= 0.3 is 0 Å². The van der Waals surface area contributed by atoms with E-state index in [4.69, 9.17) is 23.2 Å². The maximum Gasteiger partial charge on any atom is 0.0613 e. The van der Waals surface area contributed by atoms with Gasteiger partial charge in [-0.2, -0.15) is 0 Å². The first-order chi connectivity index (χ1) is 6.00. The third-order valence-corrected chi connectivity index (χ3v) is 3.23. The predicted octanol–water partition coefficient (Wildman–Crippen LogP) is 3.70. The lowest BCUT2D eigenvalue weighted by molar-refractivity contribution is 0.586. The molecule has 1 N–H and O–H groups in total. The zero-order valence-corrected chi connectivity index (χ0v) is 9.13. The highest BCUT2D eigenvalue weighted by Crippen LogP contribution is 2.40. The van der Waals surface area contributed by atoms with Crippen molar-refractivity contribution in [2.75, 3.05) is 11.9 Å². The highest BCUT2D eigenvalue weighted by atomic mass is 35.5. The van der Waals surface area contributed by atoms with E-state index >= 15 is 0 Å². The summed E-state index contributed by atoms with van der Waals surface area (Å²) < 4.78 is 0. The molecule has 1 heterocycles. The van der Waals surface area contributed by atoms with E-state index in [9.17, 15) is 0 Å². The van der Waals surface area contributed by atoms with Crippen LogP contribution in [0.1, 0.15) is 19.4 Å². The molecule has 1 aliphatic heterocycles. The van der Waals surface area contributed by atoms with Crippen LogP contribution in [0.2, 0.25) is 10.0 Å². The van der Waals surface area contributed by atoms with Crippen molar-refractivity contribution in [1.82, 2.24) is 0 Å². The van der Waals surface area contributed by atoms with Gasteiger partial charge in [0.2, 0.25) is 0 Å². The summed E-state index contributed by atoms with van der Waals surface area (Å²) in [5.74, 6) is 0. The fraction of sp³-hybridized carbons (Fsp3) is 0.400. The highest BCUT2D eigenvalue weighted by molar-refractivity contribution is 6.42. The minimum Gasteiger partial charge on any atom is -0.384 e. The van der Waals surface area contributed by atoms with Gasteiger partial charge in [-0.3, -0.25) is 0 Å². The van der Waals surface area contributed by atoms with Gasteiger partial charge in [0.15, 0.2) is 0 Å². The zero-order valence-electron chi connectivity index (χ0n) is 7.62. The van der Waals surface area contributed by atoms with Crippen molar-refractivity contribution in [2.24, 2.45) is 0 Å². The van der Waals surface area contributed by atoms with Crippen LogP contribution in [0.5, 0.6) is 0 Å². The third kappa shape index (κ3) is 1.40.